The highest BCUT2D eigenvalue weighted by Gasteiger charge is 2.38. The first kappa shape index (κ1) is 28.4. The first-order valence-electron chi connectivity index (χ1n) is 14.1. The van der Waals surface area contributed by atoms with Crippen LogP contribution in [-0.4, -0.2) is 70.9 Å². The van der Waals surface area contributed by atoms with Gasteiger partial charge in [0.25, 0.3) is 5.91 Å². The molecule has 1 saturated heterocycles. The summed E-state index contributed by atoms with van der Waals surface area (Å²) in [5.74, 6) is 1.73. The molecule has 1 N–H and O–H groups in total. The molecule has 1 aromatic heterocycles. The van der Waals surface area contributed by atoms with Crippen molar-refractivity contribution in [2.24, 2.45) is 5.92 Å². The monoisotopic (exact) mass is 561 g/mol. The Balaban J connectivity index is 1.44. The molecule has 3 aromatic rings. The Morgan fingerprint density at radius 3 is 2.41 bits per heavy atom. The molecule has 0 radical (unpaired) electrons. The maximum atomic E-state index is 13.9. The van der Waals surface area contributed by atoms with Crippen LogP contribution in [0.25, 0.3) is 11.1 Å². The van der Waals surface area contributed by atoms with E-state index in [0.29, 0.717) is 43.4 Å². The van der Waals surface area contributed by atoms with Gasteiger partial charge in [0, 0.05) is 49.6 Å². The Labute approximate surface area is 241 Å². The van der Waals surface area contributed by atoms with Crippen molar-refractivity contribution >= 4 is 12.0 Å². The average Bonchev–Trinajstić information content (AvgIpc) is 3.40. The number of amides is 2. The molecule has 1 fully saturated rings. The van der Waals surface area contributed by atoms with Gasteiger partial charge in [-0.15, -0.1) is 0 Å². The number of aromatic hydroxyl groups is 1. The molecule has 0 bridgehead atoms. The molecule has 1 atom stereocenters. The number of fused-ring (bicyclic) bond motifs is 1. The molecule has 0 spiro atoms. The van der Waals surface area contributed by atoms with Crippen LogP contribution in [0.15, 0.2) is 54.7 Å². The molecule has 2 aliphatic heterocycles. The zero-order chi connectivity index (χ0) is 29.3. The van der Waals surface area contributed by atoms with Crippen LogP contribution < -0.4 is 9.47 Å². The van der Waals surface area contributed by atoms with E-state index in [1.54, 1.807) is 37.3 Å². The highest BCUT2D eigenvalue weighted by molar-refractivity contribution is 5.95. The summed E-state index contributed by atoms with van der Waals surface area (Å²) in [6.45, 7) is 7.76. The first-order valence-corrected chi connectivity index (χ1v) is 14.1. The van der Waals surface area contributed by atoms with E-state index in [-0.39, 0.29) is 29.7 Å². The second-order valence-electron chi connectivity index (χ2n) is 11.8. The maximum Gasteiger partial charge on any atom is 0.410 e. The Morgan fingerprint density at radius 2 is 1.76 bits per heavy atom. The summed E-state index contributed by atoms with van der Waals surface area (Å²) < 4.78 is 18.7. The smallest absolute Gasteiger partial charge is 0.410 e. The van der Waals surface area contributed by atoms with Gasteiger partial charge in [0.15, 0.2) is 0 Å². The molecule has 3 heterocycles. The zero-order valence-electron chi connectivity index (χ0n) is 24.4. The van der Waals surface area contributed by atoms with Crippen LogP contribution in [-0.2, 0) is 11.3 Å². The van der Waals surface area contributed by atoms with Crippen molar-refractivity contribution in [2.45, 2.75) is 51.8 Å². The lowest BCUT2D eigenvalue weighted by Crippen LogP contribution is -2.48. The lowest BCUT2D eigenvalue weighted by molar-refractivity contribution is 0.0144. The van der Waals surface area contributed by atoms with Crippen molar-refractivity contribution in [1.82, 2.24) is 14.4 Å². The number of ether oxygens (including phenoxy) is 3. The molecule has 0 saturated carbocycles. The Morgan fingerprint density at radius 1 is 1.00 bits per heavy atom. The van der Waals surface area contributed by atoms with Gasteiger partial charge in [-0.25, -0.2) is 4.79 Å². The lowest BCUT2D eigenvalue weighted by Gasteiger charge is -2.42. The standard InChI is InChI=1S/C32H39N3O6/c1-32(2,3)41-31(38)33-13-11-21(12-14-33)28-20-34(18-23-9-10-26(39-4)17-29(23)40-5)30(37)27-16-24(19-35(27)28)22-7-6-8-25(36)15-22/h6-10,15-17,19,21,28,36H,11-14,18,20H2,1-5H3. The number of benzene rings is 2. The Kier molecular flexibility index (Phi) is 7.89. The van der Waals surface area contributed by atoms with Crippen molar-refractivity contribution in [1.29, 1.82) is 0 Å². The molecule has 1 unspecified atom stereocenters. The van der Waals surface area contributed by atoms with E-state index in [1.807, 2.05) is 62.2 Å². The lowest BCUT2D eigenvalue weighted by atomic mass is 9.87. The number of nitrogens with zero attached hydrogens (tertiary/aromatic N) is 3. The normalized spacial score (nSPS) is 17.8. The molecule has 9 heteroatoms. The number of hydrogen-bond donors (Lipinski definition) is 1. The van der Waals surface area contributed by atoms with Gasteiger partial charge in [0.05, 0.1) is 20.3 Å². The number of methoxy groups -OCH3 is 2. The second-order valence-corrected chi connectivity index (χ2v) is 11.8. The molecular weight excluding hydrogens is 522 g/mol. The predicted molar refractivity (Wildman–Crippen MR) is 155 cm³/mol. The fourth-order valence-electron chi connectivity index (χ4n) is 5.82. The number of phenols is 1. The molecule has 0 aliphatic carbocycles. The summed E-state index contributed by atoms with van der Waals surface area (Å²) in [6, 6.07) is 14.7. The fraction of sp³-hybridized carbons (Fsp3) is 0.438. The molecule has 5 rings (SSSR count). The van der Waals surface area contributed by atoms with Crippen LogP contribution in [0.4, 0.5) is 4.79 Å². The number of rotatable bonds is 6. The van der Waals surface area contributed by atoms with Crippen molar-refractivity contribution in [2.75, 3.05) is 33.9 Å². The van der Waals surface area contributed by atoms with E-state index in [4.69, 9.17) is 14.2 Å². The Hall–Kier alpha value is -4.14. The summed E-state index contributed by atoms with van der Waals surface area (Å²) in [4.78, 5) is 30.2. The quantitative estimate of drug-likeness (QED) is 0.414. The van der Waals surface area contributed by atoms with Crippen LogP contribution in [0, 0.1) is 5.92 Å². The fourth-order valence-corrected chi connectivity index (χ4v) is 5.82. The highest BCUT2D eigenvalue weighted by Crippen LogP contribution is 2.38. The van der Waals surface area contributed by atoms with Gasteiger partial charge >= 0.3 is 6.09 Å². The Bertz CT molecular complexity index is 1420. The molecule has 41 heavy (non-hydrogen) atoms. The largest absolute Gasteiger partial charge is 0.508 e. The highest BCUT2D eigenvalue weighted by atomic mass is 16.6. The van der Waals surface area contributed by atoms with Gasteiger partial charge in [0.1, 0.15) is 28.5 Å². The third kappa shape index (κ3) is 6.14. The number of phenolic OH excluding ortho intramolecular Hbond substituents is 1. The number of hydrogen-bond acceptors (Lipinski definition) is 6. The van der Waals surface area contributed by atoms with E-state index >= 15 is 0 Å². The molecule has 9 nitrogen and oxygen atoms in total. The predicted octanol–water partition coefficient (Wildman–Crippen LogP) is 5.72. The minimum atomic E-state index is -0.539. The van der Waals surface area contributed by atoms with E-state index in [9.17, 15) is 14.7 Å². The molecular formula is C32H39N3O6. The summed E-state index contributed by atoms with van der Waals surface area (Å²) in [6.07, 6.45) is 3.35. The van der Waals surface area contributed by atoms with Crippen molar-refractivity contribution in [3.8, 4) is 28.4 Å². The molecule has 218 valence electrons. The van der Waals surface area contributed by atoms with Crippen molar-refractivity contribution < 1.29 is 28.9 Å². The molecule has 2 aromatic carbocycles. The third-order valence-electron chi connectivity index (χ3n) is 7.89. The summed E-state index contributed by atoms with van der Waals surface area (Å²) in [5.41, 5.74) is 2.70. The third-order valence-corrected chi connectivity index (χ3v) is 7.89. The summed E-state index contributed by atoms with van der Waals surface area (Å²) >= 11 is 0. The van der Waals surface area contributed by atoms with E-state index in [1.165, 1.54) is 0 Å². The first-order chi connectivity index (χ1) is 19.6. The van der Waals surface area contributed by atoms with Crippen LogP contribution in [0.5, 0.6) is 17.2 Å². The minimum Gasteiger partial charge on any atom is -0.508 e. The topological polar surface area (TPSA) is 93.5 Å². The summed E-state index contributed by atoms with van der Waals surface area (Å²) in [7, 11) is 3.23. The van der Waals surface area contributed by atoms with Gasteiger partial charge in [-0.05, 0) is 75.4 Å². The minimum absolute atomic E-state index is 0.0267. The average molecular weight is 562 g/mol. The van der Waals surface area contributed by atoms with Crippen LogP contribution in [0.1, 0.15) is 55.7 Å². The number of carbonyl (C=O) groups excluding carboxylic acids is 2. The van der Waals surface area contributed by atoms with E-state index in [0.717, 1.165) is 29.5 Å². The number of piperidine rings is 1. The van der Waals surface area contributed by atoms with E-state index < -0.39 is 5.60 Å². The van der Waals surface area contributed by atoms with Gasteiger partial charge in [-0.3, -0.25) is 4.79 Å². The van der Waals surface area contributed by atoms with Gasteiger partial charge in [0.2, 0.25) is 0 Å². The maximum absolute atomic E-state index is 13.9. The van der Waals surface area contributed by atoms with Crippen LogP contribution in [0.3, 0.4) is 0 Å². The second kappa shape index (κ2) is 11.4. The van der Waals surface area contributed by atoms with Gasteiger partial charge < -0.3 is 33.7 Å². The summed E-state index contributed by atoms with van der Waals surface area (Å²) in [5, 5.41) is 10.1. The molecule has 2 amide bonds. The van der Waals surface area contributed by atoms with Crippen molar-refractivity contribution in [3.63, 3.8) is 0 Å². The van der Waals surface area contributed by atoms with E-state index in [2.05, 4.69) is 4.57 Å². The number of likely N-dealkylation sites (tertiary alicyclic amines) is 1. The molecule has 2 aliphatic rings. The van der Waals surface area contributed by atoms with Crippen molar-refractivity contribution in [3.05, 3.63) is 66.0 Å². The van der Waals surface area contributed by atoms with Crippen LogP contribution in [0.2, 0.25) is 0 Å². The zero-order valence-corrected chi connectivity index (χ0v) is 24.4. The number of aromatic nitrogens is 1. The van der Waals surface area contributed by atoms with Gasteiger partial charge in [-0.1, -0.05) is 12.1 Å². The van der Waals surface area contributed by atoms with Gasteiger partial charge in [-0.2, -0.15) is 0 Å². The van der Waals surface area contributed by atoms with Crippen LogP contribution >= 0.6 is 0 Å². The number of carbonyl (C=O) groups is 2. The SMILES string of the molecule is COc1ccc(CN2CC(C3CCN(C(=O)OC(C)(C)C)CC3)n3cc(-c4cccc(O)c4)cc3C2=O)c(OC)c1.